The Hall–Kier alpha value is -3.59. The number of anilines is 3. The Bertz CT molecular complexity index is 1280. The molecule has 2 saturated heterocycles. The van der Waals surface area contributed by atoms with Crippen LogP contribution in [0.5, 0.6) is 0 Å². The fourth-order valence-electron chi connectivity index (χ4n) is 6.12. The number of amides is 1. The van der Waals surface area contributed by atoms with Crippen LogP contribution in [-0.2, 0) is 11.2 Å². The number of benzene rings is 1. The van der Waals surface area contributed by atoms with Crippen LogP contribution in [0.2, 0.25) is 0 Å². The van der Waals surface area contributed by atoms with Crippen LogP contribution in [-0.4, -0.2) is 71.2 Å². The van der Waals surface area contributed by atoms with Gasteiger partial charge in [0.2, 0.25) is 5.95 Å². The summed E-state index contributed by atoms with van der Waals surface area (Å²) in [4.78, 5) is 27.7. The van der Waals surface area contributed by atoms with Gasteiger partial charge in [-0.05, 0) is 88.5 Å². The zero-order valence-electron chi connectivity index (χ0n) is 24.4. The smallest absolute Gasteiger partial charge is 0.410 e. The molecule has 1 aromatic heterocycles. The van der Waals surface area contributed by atoms with Crippen LogP contribution in [0.1, 0.15) is 69.1 Å². The number of aryl methyl sites for hydroxylation is 1. The van der Waals surface area contributed by atoms with Gasteiger partial charge in [-0.2, -0.15) is 4.98 Å². The van der Waals surface area contributed by atoms with Crippen molar-refractivity contribution in [3.05, 3.63) is 65.1 Å². The third-order valence-electron chi connectivity index (χ3n) is 8.52. The van der Waals surface area contributed by atoms with Gasteiger partial charge in [-0.3, -0.25) is 4.90 Å². The second kappa shape index (κ2) is 11.9. The number of likely N-dealkylation sites (tertiary alicyclic amines) is 1. The number of aromatic nitrogens is 2. The Kier molecular flexibility index (Phi) is 8.30. The van der Waals surface area contributed by atoms with E-state index < -0.39 is 0 Å². The molecule has 3 aliphatic rings. The summed E-state index contributed by atoms with van der Waals surface area (Å²) in [6.45, 7) is 11.8. The highest BCUT2D eigenvalue weighted by Gasteiger charge is 2.32. The number of carbonyl (C=O) groups is 1. The van der Waals surface area contributed by atoms with Gasteiger partial charge < -0.3 is 25.6 Å². The molecule has 2 fully saturated rings. The zero-order valence-corrected chi connectivity index (χ0v) is 24.4. The number of nitrogens with two attached hydrogens (primary N) is 1. The topological polar surface area (TPSA) is 99.8 Å². The lowest BCUT2D eigenvalue weighted by Crippen LogP contribution is -2.37. The summed E-state index contributed by atoms with van der Waals surface area (Å²) in [7, 11) is 2.21. The lowest BCUT2D eigenvalue weighted by molar-refractivity contribution is 0.153. The standard InChI is InChI=1S/C31H43N7O2/c1-6-23-16-25(10-11-26(23)24-12-14-36(5)15-13-24)34-30-33-17-27-20(2)18-37(29(27)35-30)28(32)9-7-8-21(3)38-22(4)19-40-31(38)39/h7-11,16-17,20-22,24H,6,12-15,18-19,32H2,1-5H3,(H,33,34,35)/b8-7-,28-9+. The molecule has 3 atom stereocenters. The summed E-state index contributed by atoms with van der Waals surface area (Å²) < 4.78 is 5.15. The minimum atomic E-state index is -0.275. The van der Waals surface area contributed by atoms with E-state index in [-0.39, 0.29) is 24.1 Å². The van der Waals surface area contributed by atoms with Crippen LogP contribution in [0, 0.1) is 0 Å². The predicted octanol–water partition coefficient (Wildman–Crippen LogP) is 5.10. The molecule has 4 heterocycles. The van der Waals surface area contributed by atoms with Gasteiger partial charge in [0.1, 0.15) is 18.2 Å². The summed E-state index contributed by atoms with van der Waals surface area (Å²) in [5.41, 5.74) is 11.5. The van der Waals surface area contributed by atoms with E-state index in [1.165, 1.54) is 24.0 Å². The van der Waals surface area contributed by atoms with Crippen LogP contribution >= 0.6 is 0 Å². The molecule has 214 valence electrons. The summed E-state index contributed by atoms with van der Waals surface area (Å²) >= 11 is 0. The van der Waals surface area contributed by atoms with Gasteiger partial charge in [-0.25, -0.2) is 9.78 Å². The Morgan fingerprint density at radius 1 is 1.25 bits per heavy atom. The molecule has 3 N–H and O–H groups in total. The first kappa shape index (κ1) is 28.0. The van der Waals surface area contributed by atoms with E-state index in [0.29, 0.717) is 24.3 Å². The molecule has 1 amide bonds. The Morgan fingerprint density at radius 3 is 2.73 bits per heavy atom. The van der Waals surface area contributed by atoms with Gasteiger partial charge in [0.25, 0.3) is 0 Å². The monoisotopic (exact) mass is 545 g/mol. The lowest BCUT2D eigenvalue weighted by atomic mass is 9.85. The molecular formula is C31H43N7O2. The van der Waals surface area contributed by atoms with E-state index in [1.54, 1.807) is 4.90 Å². The number of ether oxygens (including phenoxy) is 1. The molecule has 0 radical (unpaired) electrons. The van der Waals surface area contributed by atoms with Gasteiger partial charge in [0, 0.05) is 29.9 Å². The number of hydrogen-bond donors (Lipinski definition) is 2. The molecule has 1 aromatic carbocycles. The highest BCUT2D eigenvalue weighted by atomic mass is 16.6. The third-order valence-corrected chi connectivity index (χ3v) is 8.52. The minimum Gasteiger partial charge on any atom is -0.447 e. The first-order chi connectivity index (χ1) is 19.2. The molecule has 0 saturated carbocycles. The van der Waals surface area contributed by atoms with Crippen molar-refractivity contribution in [2.24, 2.45) is 5.73 Å². The molecule has 3 unspecified atom stereocenters. The number of hydrogen-bond acceptors (Lipinski definition) is 8. The number of nitrogens with zero attached hydrogens (tertiary/aromatic N) is 5. The number of fused-ring (bicyclic) bond motifs is 1. The Balaban J connectivity index is 1.30. The second-order valence-corrected chi connectivity index (χ2v) is 11.5. The maximum atomic E-state index is 12.0. The van der Waals surface area contributed by atoms with Crippen molar-refractivity contribution in [1.82, 2.24) is 19.8 Å². The second-order valence-electron chi connectivity index (χ2n) is 11.5. The normalized spacial score (nSPS) is 23.1. The van der Waals surface area contributed by atoms with E-state index in [9.17, 15) is 4.79 Å². The number of nitrogens with one attached hydrogen (secondary N) is 1. The van der Waals surface area contributed by atoms with Crippen molar-refractivity contribution < 1.29 is 9.53 Å². The first-order valence-electron chi connectivity index (χ1n) is 14.6. The predicted molar refractivity (Wildman–Crippen MR) is 160 cm³/mol. The van der Waals surface area contributed by atoms with Gasteiger partial charge in [0.15, 0.2) is 0 Å². The summed E-state index contributed by atoms with van der Waals surface area (Å²) in [6, 6.07) is 6.66. The fourth-order valence-corrected chi connectivity index (χ4v) is 6.12. The molecule has 2 aromatic rings. The van der Waals surface area contributed by atoms with Crippen LogP contribution in [0.4, 0.5) is 22.2 Å². The highest BCUT2D eigenvalue weighted by molar-refractivity contribution is 5.70. The van der Waals surface area contributed by atoms with Crippen molar-refractivity contribution in [1.29, 1.82) is 0 Å². The zero-order chi connectivity index (χ0) is 28.4. The van der Waals surface area contributed by atoms with E-state index >= 15 is 0 Å². The van der Waals surface area contributed by atoms with Crippen LogP contribution < -0.4 is 16.0 Å². The van der Waals surface area contributed by atoms with Crippen LogP contribution in [0.15, 0.2) is 48.4 Å². The Labute approximate surface area is 238 Å². The van der Waals surface area contributed by atoms with Gasteiger partial charge >= 0.3 is 6.09 Å². The van der Waals surface area contributed by atoms with E-state index in [2.05, 4.69) is 54.3 Å². The first-order valence-corrected chi connectivity index (χ1v) is 14.6. The van der Waals surface area contributed by atoms with Crippen molar-refractivity contribution in [2.75, 3.05) is 43.5 Å². The minimum absolute atomic E-state index is 0.0568. The molecule has 3 aliphatic heterocycles. The van der Waals surface area contributed by atoms with Crippen molar-refractivity contribution in [3.63, 3.8) is 0 Å². The molecule has 0 bridgehead atoms. The lowest BCUT2D eigenvalue weighted by Gasteiger charge is -2.30. The SMILES string of the molecule is CCc1cc(Nc2ncc3c(n2)N(/C(N)=C/C=C\C(C)N2C(=O)OCC2C)CC3C)ccc1C1CCN(C)CC1. The van der Waals surface area contributed by atoms with Crippen molar-refractivity contribution in [3.8, 4) is 0 Å². The van der Waals surface area contributed by atoms with Crippen LogP contribution in [0.25, 0.3) is 0 Å². The molecule has 0 spiro atoms. The number of piperidine rings is 1. The average molecular weight is 546 g/mol. The number of allylic oxidation sites excluding steroid dienone is 2. The van der Waals surface area contributed by atoms with Gasteiger partial charge in [-0.15, -0.1) is 0 Å². The molecular weight excluding hydrogens is 502 g/mol. The number of carbonyl (C=O) groups excluding carboxylic acids is 1. The molecule has 5 rings (SSSR count). The van der Waals surface area contributed by atoms with Crippen molar-refractivity contribution in [2.45, 2.75) is 70.9 Å². The molecule has 9 nitrogen and oxygen atoms in total. The van der Waals surface area contributed by atoms with Gasteiger partial charge in [0.05, 0.1) is 12.1 Å². The summed E-state index contributed by atoms with van der Waals surface area (Å²) in [5, 5.41) is 3.44. The average Bonchev–Trinajstić information content (AvgIpc) is 3.46. The van der Waals surface area contributed by atoms with E-state index in [0.717, 1.165) is 43.1 Å². The third kappa shape index (κ3) is 5.80. The molecule has 0 aliphatic carbocycles. The maximum Gasteiger partial charge on any atom is 0.410 e. The Morgan fingerprint density at radius 2 is 2.02 bits per heavy atom. The molecule has 9 heteroatoms. The molecule has 40 heavy (non-hydrogen) atoms. The number of rotatable bonds is 8. The quantitative estimate of drug-likeness (QED) is 0.442. The van der Waals surface area contributed by atoms with Crippen molar-refractivity contribution >= 4 is 23.5 Å². The highest BCUT2D eigenvalue weighted by Crippen LogP contribution is 2.37. The van der Waals surface area contributed by atoms with E-state index in [4.69, 9.17) is 15.5 Å². The fraction of sp³-hybridized carbons (Fsp3) is 0.516. The van der Waals surface area contributed by atoms with E-state index in [1.807, 2.05) is 43.2 Å². The maximum absolute atomic E-state index is 12.0. The number of cyclic esters (lactones) is 1. The van der Waals surface area contributed by atoms with Crippen LogP contribution in [0.3, 0.4) is 0 Å². The summed E-state index contributed by atoms with van der Waals surface area (Å²) in [5.74, 6) is 2.89. The summed E-state index contributed by atoms with van der Waals surface area (Å²) in [6.07, 6.45) is 10.8. The largest absolute Gasteiger partial charge is 0.447 e. The van der Waals surface area contributed by atoms with Gasteiger partial charge in [-0.1, -0.05) is 32.1 Å².